The molecule has 204 valence electrons. The Balaban J connectivity index is 2.24. The number of hydrogen-bond donors (Lipinski definition) is 2. The lowest BCUT2D eigenvalue weighted by Crippen LogP contribution is -2.38. The van der Waals surface area contributed by atoms with Crippen LogP contribution in [-0.2, 0) is 15.0 Å². The van der Waals surface area contributed by atoms with E-state index in [0.717, 1.165) is 30.8 Å². The van der Waals surface area contributed by atoms with E-state index in [2.05, 4.69) is 4.90 Å². The summed E-state index contributed by atoms with van der Waals surface area (Å²) in [4.78, 5) is 40.8. The summed E-state index contributed by atoms with van der Waals surface area (Å²) in [5.41, 5.74) is 0.261. The Morgan fingerprint density at radius 3 is 2.34 bits per heavy atom. The summed E-state index contributed by atoms with van der Waals surface area (Å²) in [5.74, 6) is -1.99. The molecular weight excluding hydrogens is 490 g/mol. The van der Waals surface area contributed by atoms with Gasteiger partial charge in [0.1, 0.15) is 11.5 Å². The van der Waals surface area contributed by atoms with Gasteiger partial charge < -0.3 is 24.7 Å². The van der Waals surface area contributed by atoms with Crippen molar-refractivity contribution in [1.82, 2.24) is 9.80 Å². The number of rotatable bonds is 9. The summed E-state index contributed by atoms with van der Waals surface area (Å²) in [7, 11) is 1.54. The van der Waals surface area contributed by atoms with Crippen LogP contribution in [0.4, 0.5) is 5.69 Å². The quantitative estimate of drug-likeness (QED) is 0.162. The van der Waals surface area contributed by atoms with E-state index in [9.17, 15) is 29.9 Å². The average molecular weight is 526 g/mol. The minimum Gasteiger partial charge on any atom is -0.507 e. The zero-order valence-electron chi connectivity index (χ0n) is 22.6. The number of hydrogen-bond acceptors (Lipinski definition) is 8. The van der Waals surface area contributed by atoms with Gasteiger partial charge in [0.05, 0.1) is 23.6 Å². The number of phenolic OH excluding ortho intramolecular Hbond substituents is 1. The van der Waals surface area contributed by atoms with Gasteiger partial charge in [0, 0.05) is 30.3 Å². The number of likely N-dealkylation sites (tertiary alicyclic amines) is 1. The van der Waals surface area contributed by atoms with E-state index in [1.54, 1.807) is 25.3 Å². The largest absolute Gasteiger partial charge is 0.507 e. The first-order valence-corrected chi connectivity index (χ1v) is 12.5. The number of Topliss-reactive ketones (excluding diaryl/α,β-unsaturated/α-hetero) is 1. The molecule has 38 heavy (non-hydrogen) atoms. The molecule has 0 aromatic heterocycles. The van der Waals surface area contributed by atoms with Crippen LogP contribution in [0.15, 0.2) is 42.0 Å². The topological polar surface area (TPSA) is 133 Å². The second kappa shape index (κ2) is 11.2. The number of nitro benzene ring substituents is 1. The Morgan fingerprint density at radius 2 is 1.79 bits per heavy atom. The van der Waals surface area contributed by atoms with Crippen molar-refractivity contribution in [3.8, 4) is 11.5 Å². The molecule has 0 bridgehead atoms. The molecule has 1 heterocycles. The number of nitro groups is 1. The van der Waals surface area contributed by atoms with Gasteiger partial charge in [-0.25, -0.2) is 0 Å². The lowest BCUT2D eigenvalue weighted by atomic mass is 9.84. The van der Waals surface area contributed by atoms with Crippen molar-refractivity contribution < 1.29 is 29.5 Å². The number of aliphatic hydroxyl groups is 1. The number of benzene rings is 2. The summed E-state index contributed by atoms with van der Waals surface area (Å²) in [6.07, 6.45) is 0. The second-order valence-electron chi connectivity index (χ2n) is 10.2. The summed E-state index contributed by atoms with van der Waals surface area (Å²) in [6.45, 7) is 12.0. The molecule has 1 fully saturated rings. The maximum atomic E-state index is 13.4. The molecule has 1 atom stereocenters. The zero-order valence-corrected chi connectivity index (χ0v) is 22.6. The Kier molecular flexibility index (Phi) is 8.46. The molecule has 10 nitrogen and oxygen atoms in total. The number of methoxy groups -OCH3 is 1. The highest BCUT2D eigenvalue weighted by molar-refractivity contribution is 6.46. The standard InChI is InChI=1S/C28H35N3O7/c1-7-29(8-2)13-14-30-24(17-9-11-21(32)20(16-17)31(36)37)23(26(34)27(30)35)25(33)18-10-12-22(38-6)19(15-18)28(3,4)5/h9-12,15-16,24,32-33H,7-8,13-14H2,1-6H3/b25-23-. The van der Waals surface area contributed by atoms with Crippen molar-refractivity contribution in [2.75, 3.05) is 33.3 Å². The number of aromatic hydroxyl groups is 1. The van der Waals surface area contributed by atoms with Gasteiger partial charge in [0.15, 0.2) is 5.75 Å². The molecule has 3 rings (SSSR count). The van der Waals surface area contributed by atoms with E-state index >= 15 is 0 Å². The number of amides is 1. The highest BCUT2D eigenvalue weighted by atomic mass is 16.6. The molecule has 0 aliphatic carbocycles. The van der Waals surface area contributed by atoms with Crippen molar-refractivity contribution in [1.29, 1.82) is 0 Å². The van der Waals surface area contributed by atoms with E-state index < -0.39 is 34.1 Å². The molecule has 2 aromatic rings. The molecule has 1 aliphatic heterocycles. The van der Waals surface area contributed by atoms with Gasteiger partial charge in [-0.2, -0.15) is 0 Å². The number of carbonyl (C=O) groups is 2. The number of likely N-dealkylation sites (N-methyl/N-ethyl adjacent to an activating group) is 1. The van der Waals surface area contributed by atoms with E-state index in [4.69, 9.17) is 4.74 Å². The van der Waals surface area contributed by atoms with Gasteiger partial charge >= 0.3 is 5.69 Å². The summed E-state index contributed by atoms with van der Waals surface area (Å²) in [6, 6.07) is 7.64. The monoisotopic (exact) mass is 525 g/mol. The molecule has 2 N–H and O–H groups in total. The molecule has 10 heteroatoms. The summed E-state index contributed by atoms with van der Waals surface area (Å²) < 4.78 is 5.48. The third-order valence-corrected chi connectivity index (χ3v) is 6.88. The van der Waals surface area contributed by atoms with Gasteiger partial charge in [-0.15, -0.1) is 0 Å². The lowest BCUT2D eigenvalue weighted by molar-refractivity contribution is -0.385. The van der Waals surface area contributed by atoms with Gasteiger partial charge in [-0.1, -0.05) is 40.7 Å². The predicted molar refractivity (Wildman–Crippen MR) is 143 cm³/mol. The van der Waals surface area contributed by atoms with Crippen molar-refractivity contribution in [2.24, 2.45) is 0 Å². The van der Waals surface area contributed by atoms with Crippen molar-refractivity contribution in [3.05, 3.63) is 68.8 Å². The van der Waals surface area contributed by atoms with Crippen LogP contribution in [0, 0.1) is 10.1 Å². The van der Waals surface area contributed by atoms with Crippen molar-refractivity contribution in [3.63, 3.8) is 0 Å². The highest BCUT2D eigenvalue weighted by Gasteiger charge is 2.46. The van der Waals surface area contributed by atoms with E-state index in [1.165, 1.54) is 11.0 Å². The Labute approximate surface area is 222 Å². The first kappa shape index (κ1) is 28.6. The Bertz CT molecular complexity index is 1280. The molecule has 0 spiro atoms. The molecular formula is C28H35N3O7. The average Bonchev–Trinajstić information content (AvgIpc) is 3.13. The number of ether oxygens (including phenoxy) is 1. The van der Waals surface area contributed by atoms with Crippen LogP contribution in [0.25, 0.3) is 5.76 Å². The maximum Gasteiger partial charge on any atom is 0.311 e. The second-order valence-corrected chi connectivity index (χ2v) is 10.2. The first-order chi connectivity index (χ1) is 17.8. The maximum absolute atomic E-state index is 13.4. The zero-order chi connectivity index (χ0) is 28.4. The molecule has 0 saturated carbocycles. The van der Waals surface area contributed by atoms with Gasteiger partial charge in [0.25, 0.3) is 11.7 Å². The minimum absolute atomic E-state index is 0.165. The van der Waals surface area contributed by atoms with E-state index in [-0.39, 0.29) is 28.9 Å². The normalized spacial score (nSPS) is 17.3. The molecule has 1 amide bonds. The number of ketones is 1. The van der Waals surface area contributed by atoms with Gasteiger partial charge in [-0.3, -0.25) is 19.7 Å². The number of carbonyl (C=O) groups excluding carboxylic acids is 2. The van der Waals surface area contributed by atoms with Crippen LogP contribution < -0.4 is 4.74 Å². The first-order valence-electron chi connectivity index (χ1n) is 12.5. The molecule has 0 radical (unpaired) electrons. The van der Waals surface area contributed by atoms with Crippen LogP contribution in [0.1, 0.15) is 57.4 Å². The number of phenols is 1. The predicted octanol–water partition coefficient (Wildman–Crippen LogP) is 4.37. The van der Waals surface area contributed by atoms with Crippen molar-refractivity contribution >= 4 is 23.1 Å². The fraction of sp³-hybridized carbons (Fsp3) is 0.429. The van der Waals surface area contributed by atoms with Gasteiger partial charge in [0.2, 0.25) is 0 Å². The smallest absolute Gasteiger partial charge is 0.311 e. The number of aliphatic hydroxyl groups excluding tert-OH is 1. The van der Waals surface area contributed by atoms with Crippen LogP contribution in [-0.4, -0.2) is 69.9 Å². The van der Waals surface area contributed by atoms with Crippen LogP contribution in [0.3, 0.4) is 0 Å². The fourth-order valence-corrected chi connectivity index (χ4v) is 4.70. The molecule has 1 aliphatic rings. The lowest BCUT2D eigenvalue weighted by Gasteiger charge is -2.28. The SMILES string of the molecule is CCN(CC)CCN1C(=O)C(=O)/C(=C(\O)c2ccc(OC)c(C(C)(C)C)c2)C1c1ccc(O)c([N+](=O)[O-])c1. The highest BCUT2D eigenvalue weighted by Crippen LogP contribution is 2.42. The molecule has 1 unspecified atom stereocenters. The molecule has 1 saturated heterocycles. The third-order valence-electron chi connectivity index (χ3n) is 6.88. The Hall–Kier alpha value is -3.92. The Morgan fingerprint density at radius 1 is 1.13 bits per heavy atom. The van der Waals surface area contributed by atoms with Crippen LogP contribution in [0.5, 0.6) is 11.5 Å². The molecule has 2 aromatic carbocycles. The third kappa shape index (κ3) is 5.50. The van der Waals surface area contributed by atoms with E-state index in [1.807, 2.05) is 34.6 Å². The summed E-state index contributed by atoms with van der Waals surface area (Å²) >= 11 is 0. The van der Waals surface area contributed by atoms with Crippen LogP contribution in [0.2, 0.25) is 0 Å². The van der Waals surface area contributed by atoms with E-state index in [0.29, 0.717) is 17.9 Å². The number of nitrogens with zero attached hydrogens (tertiary/aromatic N) is 3. The van der Waals surface area contributed by atoms with Crippen molar-refractivity contribution in [2.45, 2.75) is 46.1 Å². The summed E-state index contributed by atoms with van der Waals surface area (Å²) in [5, 5.41) is 33.0. The minimum atomic E-state index is -1.08. The van der Waals surface area contributed by atoms with Crippen LogP contribution >= 0.6 is 0 Å². The van der Waals surface area contributed by atoms with Gasteiger partial charge in [-0.05, 0) is 48.3 Å². The fourth-order valence-electron chi connectivity index (χ4n) is 4.70.